The normalized spacial score (nSPS) is 11.1. The van der Waals surface area contributed by atoms with Crippen LogP contribution in [0.2, 0.25) is 0 Å². The monoisotopic (exact) mass is 477 g/mol. The number of urea groups is 1. The lowest BCUT2D eigenvalue weighted by Gasteiger charge is -2.24. The van der Waals surface area contributed by atoms with E-state index in [1.165, 1.54) is 0 Å². The van der Waals surface area contributed by atoms with E-state index in [1.54, 1.807) is 41.7 Å². The molecule has 3 amide bonds. The number of anilines is 1. The third kappa shape index (κ3) is 8.17. The maximum absolute atomic E-state index is 13.3. The van der Waals surface area contributed by atoms with Gasteiger partial charge in [0.15, 0.2) is 0 Å². The van der Waals surface area contributed by atoms with Gasteiger partial charge in [-0.2, -0.15) is 0 Å². The van der Waals surface area contributed by atoms with Gasteiger partial charge in [0.05, 0.1) is 19.5 Å². The summed E-state index contributed by atoms with van der Waals surface area (Å²) in [7, 11) is 0. The molecule has 0 unspecified atom stereocenters. The van der Waals surface area contributed by atoms with E-state index in [4.69, 9.17) is 4.74 Å². The second-order valence-corrected chi connectivity index (χ2v) is 9.33. The third-order valence-electron chi connectivity index (χ3n) is 5.21. The van der Waals surface area contributed by atoms with Gasteiger partial charge in [0.2, 0.25) is 0 Å². The molecule has 0 saturated carbocycles. The highest BCUT2D eigenvalue weighted by Crippen LogP contribution is 2.21. The topological polar surface area (TPSA) is 88.5 Å². The van der Waals surface area contributed by atoms with Crippen LogP contribution in [0.3, 0.4) is 0 Å². The summed E-state index contributed by atoms with van der Waals surface area (Å²) in [6, 6.07) is 14.5. The van der Waals surface area contributed by atoms with Crippen LogP contribution >= 0.6 is 0 Å². The van der Waals surface area contributed by atoms with E-state index in [9.17, 15) is 9.59 Å². The number of ether oxygens (including phenoxy) is 1. The van der Waals surface area contributed by atoms with Crippen LogP contribution in [-0.2, 0) is 13.1 Å². The van der Waals surface area contributed by atoms with E-state index in [0.29, 0.717) is 30.9 Å². The largest absolute Gasteiger partial charge is 0.494 e. The Labute approximate surface area is 207 Å². The Kier molecular flexibility index (Phi) is 8.89. The molecule has 0 saturated heterocycles. The number of amides is 3. The molecule has 0 fully saturated rings. The maximum Gasteiger partial charge on any atom is 0.322 e. The zero-order chi connectivity index (χ0) is 25.3. The zero-order valence-electron chi connectivity index (χ0n) is 21.0. The molecule has 0 radical (unpaired) electrons. The Morgan fingerprint density at radius 2 is 1.83 bits per heavy atom. The number of carbonyl (C=O) groups is 2. The summed E-state index contributed by atoms with van der Waals surface area (Å²) in [5.74, 6) is 0.626. The van der Waals surface area contributed by atoms with Crippen molar-refractivity contribution in [1.29, 1.82) is 0 Å². The summed E-state index contributed by atoms with van der Waals surface area (Å²) in [6.07, 6.45) is 6.19. The number of nitrogens with one attached hydrogen (secondary N) is 2. The Hall–Kier alpha value is -3.81. The summed E-state index contributed by atoms with van der Waals surface area (Å²) in [5, 5.41) is 5.91. The minimum Gasteiger partial charge on any atom is -0.494 e. The molecule has 186 valence electrons. The van der Waals surface area contributed by atoms with Crippen LogP contribution in [0.5, 0.6) is 5.75 Å². The van der Waals surface area contributed by atoms with Gasteiger partial charge in [0.1, 0.15) is 5.75 Å². The van der Waals surface area contributed by atoms with Crippen molar-refractivity contribution in [3.8, 4) is 5.75 Å². The van der Waals surface area contributed by atoms with E-state index in [1.807, 2.05) is 62.7 Å². The number of hydrogen-bond donors (Lipinski definition) is 2. The average Bonchev–Trinajstić information content (AvgIpc) is 3.32. The van der Waals surface area contributed by atoms with E-state index in [0.717, 1.165) is 24.3 Å². The molecule has 0 aliphatic heterocycles. The summed E-state index contributed by atoms with van der Waals surface area (Å²) < 4.78 is 7.75. The summed E-state index contributed by atoms with van der Waals surface area (Å²) in [6.45, 7) is 10.0. The maximum atomic E-state index is 13.3. The van der Waals surface area contributed by atoms with Crippen LogP contribution in [-0.4, -0.2) is 45.1 Å². The molecule has 2 N–H and O–H groups in total. The van der Waals surface area contributed by atoms with Gasteiger partial charge in [0, 0.05) is 47.8 Å². The van der Waals surface area contributed by atoms with Gasteiger partial charge >= 0.3 is 6.03 Å². The molecule has 8 heteroatoms. The highest BCUT2D eigenvalue weighted by atomic mass is 16.5. The number of nitrogens with zero attached hydrogens (tertiary/aromatic N) is 3. The summed E-state index contributed by atoms with van der Waals surface area (Å²) in [5.41, 5.74) is 1.79. The van der Waals surface area contributed by atoms with Crippen LogP contribution in [0.4, 0.5) is 10.5 Å². The summed E-state index contributed by atoms with van der Waals surface area (Å²) >= 11 is 0. The highest BCUT2D eigenvalue weighted by molar-refractivity contribution is 5.96. The van der Waals surface area contributed by atoms with Gasteiger partial charge < -0.3 is 24.8 Å². The Balaban J connectivity index is 1.70. The van der Waals surface area contributed by atoms with E-state index in [2.05, 4.69) is 15.6 Å². The van der Waals surface area contributed by atoms with Crippen molar-refractivity contribution in [3.05, 3.63) is 78.4 Å². The van der Waals surface area contributed by atoms with E-state index >= 15 is 0 Å². The molecular weight excluding hydrogens is 442 g/mol. The van der Waals surface area contributed by atoms with Gasteiger partial charge in [-0.15, -0.1) is 0 Å². The standard InChI is InChI=1S/C27H35N5O3/c1-5-35-24-10-7-6-9-22(24)19-32(17-8-16-31-18-15-28-20-31)26(34)29-23-13-11-21(12-14-23)25(33)30-27(2,3)4/h6-7,9-15,18,20H,5,8,16-17,19H2,1-4H3,(H,29,34)(H,30,33). The number of aryl methyl sites for hydroxylation is 1. The predicted molar refractivity (Wildman–Crippen MR) is 138 cm³/mol. The van der Waals surface area contributed by atoms with Crippen molar-refractivity contribution in [3.63, 3.8) is 0 Å². The molecule has 0 aliphatic rings. The molecule has 1 heterocycles. The van der Waals surface area contributed by atoms with Gasteiger partial charge in [-0.05, 0) is 64.4 Å². The lowest BCUT2D eigenvalue weighted by molar-refractivity contribution is 0.0919. The van der Waals surface area contributed by atoms with Crippen molar-refractivity contribution >= 4 is 17.6 Å². The first-order chi connectivity index (χ1) is 16.7. The number of carbonyl (C=O) groups excluding carboxylic acids is 2. The number of benzene rings is 2. The minimum atomic E-state index is -0.320. The van der Waals surface area contributed by atoms with Gasteiger partial charge in [-0.1, -0.05) is 18.2 Å². The average molecular weight is 478 g/mol. The minimum absolute atomic E-state index is 0.149. The second kappa shape index (κ2) is 12.1. The quantitative estimate of drug-likeness (QED) is 0.433. The zero-order valence-corrected chi connectivity index (χ0v) is 21.0. The predicted octanol–water partition coefficient (Wildman–Crippen LogP) is 4.93. The van der Waals surface area contributed by atoms with Crippen molar-refractivity contribution in [2.45, 2.75) is 52.7 Å². The fourth-order valence-corrected chi connectivity index (χ4v) is 3.57. The number of imidazole rings is 1. The number of aromatic nitrogens is 2. The third-order valence-corrected chi connectivity index (χ3v) is 5.21. The Bertz CT molecular complexity index is 1090. The molecule has 2 aromatic carbocycles. The molecule has 35 heavy (non-hydrogen) atoms. The second-order valence-electron chi connectivity index (χ2n) is 9.33. The van der Waals surface area contributed by atoms with Gasteiger partial charge in [-0.3, -0.25) is 4.79 Å². The van der Waals surface area contributed by atoms with Crippen molar-refractivity contribution in [2.75, 3.05) is 18.5 Å². The van der Waals surface area contributed by atoms with Crippen LogP contribution in [0.25, 0.3) is 0 Å². The van der Waals surface area contributed by atoms with Crippen molar-refractivity contribution < 1.29 is 14.3 Å². The molecule has 0 bridgehead atoms. The molecule has 1 aromatic heterocycles. The Morgan fingerprint density at radius 3 is 2.49 bits per heavy atom. The van der Waals surface area contributed by atoms with Gasteiger partial charge in [0.25, 0.3) is 5.91 Å². The lowest BCUT2D eigenvalue weighted by atomic mass is 10.1. The molecular formula is C27H35N5O3. The number of rotatable bonds is 10. The van der Waals surface area contributed by atoms with Crippen LogP contribution < -0.4 is 15.4 Å². The van der Waals surface area contributed by atoms with Crippen LogP contribution in [0.1, 0.15) is 50.0 Å². The first-order valence-electron chi connectivity index (χ1n) is 11.9. The van der Waals surface area contributed by atoms with Crippen LogP contribution in [0, 0.1) is 0 Å². The smallest absolute Gasteiger partial charge is 0.322 e. The fourth-order valence-electron chi connectivity index (χ4n) is 3.57. The molecule has 3 aromatic rings. The van der Waals surface area contributed by atoms with Gasteiger partial charge in [-0.25, -0.2) is 9.78 Å². The molecule has 8 nitrogen and oxygen atoms in total. The Morgan fingerprint density at radius 1 is 1.09 bits per heavy atom. The highest BCUT2D eigenvalue weighted by Gasteiger charge is 2.18. The lowest BCUT2D eigenvalue weighted by Crippen LogP contribution is -2.40. The van der Waals surface area contributed by atoms with E-state index in [-0.39, 0.29) is 17.5 Å². The molecule has 0 atom stereocenters. The van der Waals surface area contributed by atoms with Crippen molar-refractivity contribution in [2.24, 2.45) is 0 Å². The van der Waals surface area contributed by atoms with Crippen LogP contribution in [0.15, 0.2) is 67.3 Å². The first kappa shape index (κ1) is 25.8. The molecule has 3 rings (SSSR count). The SMILES string of the molecule is CCOc1ccccc1CN(CCCn1ccnc1)C(=O)Nc1ccc(C(=O)NC(C)(C)C)cc1. The number of para-hydroxylation sites is 1. The first-order valence-corrected chi connectivity index (χ1v) is 11.9. The molecule has 0 aliphatic carbocycles. The fraction of sp³-hybridized carbons (Fsp3) is 0.370. The summed E-state index contributed by atoms with van der Waals surface area (Å²) in [4.78, 5) is 31.5. The van der Waals surface area contributed by atoms with E-state index < -0.39 is 0 Å². The number of hydrogen-bond acceptors (Lipinski definition) is 4. The molecule has 0 spiro atoms. The van der Waals surface area contributed by atoms with Crippen molar-refractivity contribution in [1.82, 2.24) is 19.8 Å².